The van der Waals surface area contributed by atoms with Crippen molar-refractivity contribution in [1.29, 1.82) is 0 Å². The third kappa shape index (κ3) is 3.94. The molecule has 0 amide bonds. The van der Waals surface area contributed by atoms with Gasteiger partial charge in [-0.25, -0.2) is 4.79 Å². The summed E-state index contributed by atoms with van der Waals surface area (Å²) in [6.07, 6.45) is 0. The molecule has 0 bridgehead atoms. The number of benzene rings is 1. The summed E-state index contributed by atoms with van der Waals surface area (Å²) in [5.74, 6) is -5.42. The van der Waals surface area contributed by atoms with E-state index < -0.39 is 17.9 Å². The van der Waals surface area contributed by atoms with Crippen LogP contribution < -0.4 is 10.5 Å². The molecule has 8 heteroatoms. The molecule has 1 aromatic rings. The zero-order valence-electron chi connectivity index (χ0n) is 10.9. The second-order valence-electron chi connectivity index (χ2n) is 3.71. The maximum Gasteiger partial charge on any atom is 0.379 e. The first-order valence-electron chi connectivity index (χ1n) is 5.48. The summed E-state index contributed by atoms with van der Waals surface area (Å²) in [5.41, 5.74) is 5.40. The third-order valence-corrected chi connectivity index (χ3v) is 2.70. The van der Waals surface area contributed by atoms with Crippen LogP contribution in [-0.2, 0) is 9.53 Å². The molecule has 0 aliphatic heterocycles. The van der Waals surface area contributed by atoms with E-state index in [-0.39, 0.29) is 35.3 Å². The van der Waals surface area contributed by atoms with Gasteiger partial charge >= 0.3 is 11.9 Å². The SMILES string of the molecule is CCOC(=O)C(F)(F)[C@@H](N)c1cc(Cl)ccc1OC.Cl. The molecule has 0 aliphatic carbocycles. The lowest BCUT2D eigenvalue weighted by Gasteiger charge is -2.23. The van der Waals surface area contributed by atoms with E-state index in [1.54, 1.807) is 0 Å². The lowest BCUT2D eigenvalue weighted by Crippen LogP contribution is -2.41. The van der Waals surface area contributed by atoms with Gasteiger partial charge in [-0.3, -0.25) is 0 Å². The molecular weight excluding hydrogens is 315 g/mol. The Bertz CT molecular complexity index is 472. The van der Waals surface area contributed by atoms with Crippen molar-refractivity contribution in [3.63, 3.8) is 0 Å². The van der Waals surface area contributed by atoms with Crippen molar-refractivity contribution in [3.05, 3.63) is 28.8 Å². The largest absolute Gasteiger partial charge is 0.496 e. The van der Waals surface area contributed by atoms with Crippen molar-refractivity contribution < 1.29 is 23.0 Å². The van der Waals surface area contributed by atoms with E-state index in [1.807, 2.05) is 0 Å². The van der Waals surface area contributed by atoms with Crippen LogP contribution in [0.3, 0.4) is 0 Å². The maximum atomic E-state index is 13.8. The second kappa shape index (κ2) is 7.61. The van der Waals surface area contributed by atoms with Crippen LogP contribution in [0, 0.1) is 0 Å². The van der Waals surface area contributed by atoms with E-state index in [9.17, 15) is 13.6 Å². The Morgan fingerprint density at radius 1 is 1.50 bits per heavy atom. The molecule has 0 heterocycles. The van der Waals surface area contributed by atoms with Crippen LogP contribution >= 0.6 is 24.0 Å². The fourth-order valence-corrected chi connectivity index (χ4v) is 1.68. The summed E-state index contributed by atoms with van der Waals surface area (Å²) in [6, 6.07) is 2.20. The first-order valence-corrected chi connectivity index (χ1v) is 5.86. The van der Waals surface area contributed by atoms with E-state index in [2.05, 4.69) is 4.74 Å². The second-order valence-corrected chi connectivity index (χ2v) is 4.14. The van der Waals surface area contributed by atoms with Gasteiger partial charge in [0.05, 0.1) is 13.7 Å². The molecule has 1 rings (SSSR count). The van der Waals surface area contributed by atoms with Crippen molar-refractivity contribution in [2.45, 2.75) is 18.9 Å². The maximum absolute atomic E-state index is 13.8. The van der Waals surface area contributed by atoms with Crippen LogP contribution in [0.4, 0.5) is 8.78 Å². The average molecular weight is 330 g/mol. The van der Waals surface area contributed by atoms with Crippen molar-refractivity contribution in [3.8, 4) is 5.75 Å². The summed E-state index contributed by atoms with van der Waals surface area (Å²) in [7, 11) is 1.31. The molecule has 2 N–H and O–H groups in total. The first kappa shape index (κ1) is 18.9. The van der Waals surface area contributed by atoms with Gasteiger partial charge in [-0.1, -0.05) is 11.6 Å². The van der Waals surface area contributed by atoms with E-state index in [0.29, 0.717) is 0 Å². The molecule has 0 unspecified atom stereocenters. The van der Waals surface area contributed by atoms with Gasteiger partial charge in [0.15, 0.2) is 0 Å². The lowest BCUT2D eigenvalue weighted by atomic mass is 10.0. The normalized spacial score (nSPS) is 12.3. The fourth-order valence-electron chi connectivity index (χ4n) is 1.50. The molecular formula is C12H15Cl2F2NO3. The summed E-state index contributed by atoms with van der Waals surface area (Å²) >= 11 is 5.74. The van der Waals surface area contributed by atoms with E-state index in [4.69, 9.17) is 22.1 Å². The molecule has 0 aromatic heterocycles. The highest BCUT2D eigenvalue weighted by Gasteiger charge is 2.48. The number of esters is 1. The van der Waals surface area contributed by atoms with Gasteiger partial charge < -0.3 is 15.2 Å². The van der Waals surface area contributed by atoms with Gasteiger partial charge in [0.1, 0.15) is 11.8 Å². The fraction of sp³-hybridized carbons (Fsp3) is 0.417. The molecule has 1 aromatic carbocycles. The van der Waals surface area contributed by atoms with Crippen LogP contribution in [0.2, 0.25) is 5.02 Å². The van der Waals surface area contributed by atoms with Gasteiger partial charge in [0.25, 0.3) is 0 Å². The van der Waals surface area contributed by atoms with Crippen molar-refractivity contribution in [1.82, 2.24) is 0 Å². The minimum absolute atomic E-state index is 0. The number of nitrogens with two attached hydrogens (primary N) is 1. The molecule has 0 spiro atoms. The highest BCUT2D eigenvalue weighted by atomic mass is 35.5. The quantitative estimate of drug-likeness (QED) is 0.843. The van der Waals surface area contributed by atoms with Gasteiger partial charge in [0, 0.05) is 10.6 Å². The van der Waals surface area contributed by atoms with E-state index in [1.165, 1.54) is 32.2 Å². The highest BCUT2D eigenvalue weighted by molar-refractivity contribution is 6.30. The van der Waals surface area contributed by atoms with Crippen LogP contribution in [0.5, 0.6) is 5.75 Å². The molecule has 0 aliphatic rings. The van der Waals surface area contributed by atoms with E-state index in [0.717, 1.165) is 0 Å². The summed E-state index contributed by atoms with van der Waals surface area (Å²) in [4.78, 5) is 11.2. The minimum atomic E-state index is -3.87. The van der Waals surface area contributed by atoms with Crippen LogP contribution in [0.1, 0.15) is 18.5 Å². The Morgan fingerprint density at radius 3 is 2.60 bits per heavy atom. The summed E-state index contributed by atoms with van der Waals surface area (Å²) in [5, 5.41) is 0.214. The molecule has 20 heavy (non-hydrogen) atoms. The third-order valence-electron chi connectivity index (χ3n) is 2.46. The first-order chi connectivity index (χ1) is 8.84. The van der Waals surface area contributed by atoms with Gasteiger partial charge in [0.2, 0.25) is 0 Å². The highest BCUT2D eigenvalue weighted by Crippen LogP contribution is 2.36. The lowest BCUT2D eigenvalue weighted by molar-refractivity contribution is -0.174. The van der Waals surface area contributed by atoms with Crippen LogP contribution in [-0.4, -0.2) is 25.6 Å². The van der Waals surface area contributed by atoms with E-state index >= 15 is 0 Å². The standard InChI is InChI=1S/C12H14ClF2NO3.ClH/c1-3-19-11(17)12(14,15)10(16)8-6-7(13)4-5-9(8)18-2;/h4-6,10H,3,16H2,1-2H3;1H/t10-;/m0./s1. The zero-order valence-corrected chi connectivity index (χ0v) is 12.4. The molecule has 0 fully saturated rings. The Balaban J connectivity index is 0.00000361. The number of halogens is 4. The van der Waals surface area contributed by atoms with Crippen molar-refractivity contribution in [2.24, 2.45) is 5.73 Å². The van der Waals surface area contributed by atoms with Crippen LogP contribution in [0.15, 0.2) is 18.2 Å². The Morgan fingerprint density at radius 2 is 2.10 bits per heavy atom. The van der Waals surface area contributed by atoms with Crippen molar-refractivity contribution in [2.75, 3.05) is 13.7 Å². The predicted octanol–water partition coefficient (Wildman–Crippen LogP) is 2.97. The van der Waals surface area contributed by atoms with Gasteiger partial charge in [-0.2, -0.15) is 8.78 Å². The van der Waals surface area contributed by atoms with Crippen LogP contribution in [0.25, 0.3) is 0 Å². The Hall–Kier alpha value is -1.11. The molecule has 1 atom stereocenters. The minimum Gasteiger partial charge on any atom is -0.496 e. The Labute approximate surface area is 126 Å². The molecule has 0 radical (unpaired) electrons. The number of hydrogen-bond donors (Lipinski definition) is 1. The number of alkyl halides is 2. The smallest absolute Gasteiger partial charge is 0.379 e. The van der Waals surface area contributed by atoms with Gasteiger partial charge in [-0.05, 0) is 25.1 Å². The number of methoxy groups -OCH3 is 1. The molecule has 4 nitrogen and oxygen atoms in total. The topological polar surface area (TPSA) is 61.5 Å². The molecule has 0 saturated carbocycles. The Kier molecular flexibility index (Phi) is 7.19. The monoisotopic (exact) mass is 329 g/mol. The van der Waals surface area contributed by atoms with Crippen molar-refractivity contribution >= 4 is 30.0 Å². The zero-order chi connectivity index (χ0) is 14.6. The number of ether oxygens (including phenoxy) is 2. The average Bonchev–Trinajstić information content (AvgIpc) is 2.38. The predicted molar refractivity (Wildman–Crippen MR) is 73.8 cm³/mol. The summed E-state index contributed by atoms with van der Waals surface area (Å²) in [6.45, 7) is 1.27. The number of carbonyl (C=O) groups excluding carboxylic acids is 1. The molecule has 0 saturated heterocycles. The summed E-state index contributed by atoms with van der Waals surface area (Å²) < 4.78 is 36.9. The van der Waals surface area contributed by atoms with Gasteiger partial charge in [-0.15, -0.1) is 12.4 Å². The molecule has 114 valence electrons. The number of hydrogen-bond acceptors (Lipinski definition) is 4. The number of rotatable bonds is 5. The number of carbonyl (C=O) groups is 1.